The monoisotopic (exact) mass is 238 g/mol. The molecule has 0 aromatic heterocycles. The Balaban J connectivity index is 2.54. The predicted octanol–water partition coefficient (Wildman–Crippen LogP) is 2.45. The molecule has 0 aliphatic carbocycles. The van der Waals surface area contributed by atoms with E-state index in [0.29, 0.717) is 30.3 Å². The van der Waals surface area contributed by atoms with Gasteiger partial charge in [-0.25, -0.2) is 0 Å². The summed E-state index contributed by atoms with van der Waals surface area (Å²) >= 11 is 0. The largest absolute Gasteiger partial charge is 0.493 e. The van der Waals surface area contributed by atoms with E-state index in [0.717, 1.165) is 19.1 Å². The van der Waals surface area contributed by atoms with E-state index in [2.05, 4.69) is 0 Å². The fraction of sp³-hybridized carbons (Fsp3) is 0.462. The third-order valence-electron chi connectivity index (χ3n) is 2.34. The van der Waals surface area contributed by atoms with Crippen molar-refractivity contribution in [2.75, 3.05) is 20.8 Å². The van der Waals surface area contributed by atoms with Crippen molar-refractivity contribution in [3.63, 3.8) is 0 Å². The van der Waals surface area contributed by atoms with Gasteiger partial charge in [-0.1, -0.05) is 6.07 Å². The molecule has 17 heavy (non-hydrogen) atoms. The third kappa shape index (κ3) is 3.98. The SMILES string of the molecule is COc1cccc(OCCCCC=O)c1OC. The summed E-state index contributed by atoms with van der Waals surface area (Å²) in [6.45, 7) is 0.567. The van der Waals surface area contributed by atoms with Crippen LogP contribution in [-0.4, -0.2) is 27.1 Å². The second-order valence-electron chi connectivity index (χ2n) is 3.50. The zero-order chi connectivity index (χ0) is 12.5. The number of aldehydes is 1. The van der Waals surface area contributed by atoms with Gasteiger partial charge in [0.15, 0.2) is 11.5 Å². The van der Waals surface area contributed by atoms with Crippen LogP contribution >= 0.6 is 0 Å². The summed E-state index contributed by atoms with van der Waals surface area (Å²) < 4.78 is 16.0. The lowest BCUT2D eigenvalue weighted by Crippen LogP contribution is -2.00. The van der Waals surface area contributed by atoms with Crippen LogP contribution in [0.25, 0.3) is 0 Å². The molecule has 1 aromatic rings. The van der Waals surface area contributed by atoms with Crippen molar-refractivity contribution in [2.45, 2.75) is 19.3 Å². The first-order valence-electron chi connectivity index (χ1n) is 5.61. The van der Waals surface area contributed by atoms with E-state index in [-0.39, 0.29) is 0 Å². The average Bonchev–Trinajstić information content (AvgIpc) is 2.38. The van der Waals surface area contributed by atoms with E-state index in [1.807, 2.05) is 18.2 Å². The highest BCUT2D eigenvalue weighted by molar-refractivity contribution is 5.51. The van der Waals surface area contributed by atoms with Crippen molar-refractivity contribution >= 4 is 6.29 Å². The number of hydrogen-bond acceptors (Lipinski definition) is 4. The zero-order valence-electron chi connectivity index (χ0n) is 10.3. The van der Waals surface area contributed by atoms with Gasteiger partial charge in [0.25, 0.3) is 0 Å². The van der Waals surface area contributed by atoms with Gasteiger partial charge in [0.1, 0.15) is 6.29 Å². The Morgan fingerprint density at radius 2 is 1.88 bits per heavy atom. The molecule has 0 spiro atoms. The van der Waals surface area contributed by atoms with Crippen LogP contribution < -0.4 is 14.2 Å². The molecule has 0 N–H and O–H groups in total. The highest BCUT2D eigenvalue weighted by Crippen LogP contribution is 2.36. The number of unbranched alkanes of at least 4 members (excludes halogenated alkanes) is 2. The normalized spacial score (nSPS) is 9.76. The van der Waals surface area contributed by atoms with Crippen LogP contribution in [0, 0.1) is 0 Å². The molecule has 0 fully saturated rings. The van der Waals surface area contributed by atoms with Crippen molar-refractivity contribution in [1.29, 1.82) is 0 Å². The van der Waals surface area contributed by atoms with Gasteiger partial charge >= 0.3 is 0 Å². The van der Waals surface area contributed by atoms with Crippen molar-refractivity contribution in [1.82, 2.24) is 0 Å². The average molecular weight is 238 g/mol. The van der Waals surface area contributed by atoms with E-state index in [1.54, 1.807) is 14.2 Å². The molecule has 0 atom stereocenters. The van der Waals surface area contributed by atoms with E-state index in [4.69, 9.17) is 14.2 Å². The smallest absolute Gasteiger partial charge is 0.203 e. The maximum atomic E-state index is 10.1. The van der Waals surface area contributed by atoms with Crippen molar-refractivity contribution in [3.05, 3.63) is 18.2 Å². The fourth-order valence-corrected chi connectivity index (χ4v) is 1.48. The molecule has 0 saturated heterocycles. The molecule has 0 unspecified atom stereocenters. The van der Waals surface area contributed by atoms with Crippen LogP contribution in [0.1, 0.15) is 19.3 Å². The van der Waals surface area contributed by atoms with E-state index in [1.165, 1.54) is 0 Å². The van der Waals surface area contributed by atoms with Crippen LogP contribution in [0.15, 0.2) is 18.2 Å². The summed E-state index contributed by atoms with van der Waals surface area (Å²) in [5.41, 5.74) is 0. The molecule has 1 rings (SSSR count). The number of para-hydroxylation sites is 1. The molecule has 0 bridgehead atoms. The number of ether oxygens (including phenoxy) is 3. The first-order chi connectivity index (χ1) is 8.33. The minimum Gasteiger partial charge on any atom is -0.493 e. The number of carbonyl (C=O) groups is 1. The molecule has 0 radical (unpaired) electrons. The molecule has 0 aliphatic heterocycles. The van der Waals surface area contributed by atoms with Gasteiger partial charge in [-0.05, 0) is 25.0 Å². The van der Waals surface area contributed by atoms with Gasteiger partial charge in [-0.2, -0.15) is 0 Å². The minimum absolute atomic E-state index is 0.567. The van der Waals surface area contributed by atoms with Crippen LogP contribution in [0.4, 0.5) is 0 Å². The van der Waals surface area contributed by atoms with Crippen molar-refractivity contribution in [3.8, 4) is 17.2 Å². The fourth-order valence-electron chi connectivity index (χ4n) is 1.48. The summed E-state index contributed by atoms with van der Waals surface area (Å²) in [4.78, 5) is 10.1. The molecular formula is C13H18O4. The maximum absolute atomic E-state index is 10.1. The number of methoxy groups -OCH3 is 2. The van der Waals surface area contributed by atoms with E-state index >= 15 is 0 Å². The Kier molecular flexibility index (Phi) is 5.93. The number of hydrogen-bond donors (Lipinski definition) is 0. The molecule has 0 saturated carbocycles. The standard InChI is InChI=1S/C13H18O4/c1-15-11-7-6-8-12(13(11)16-2)17-10-5-3-4-9-14/h6-9H,3-5,10H2,1-2H3. The molecular weight excluding hydrogens is 220 g/mol. The third-order valence-corrected chi connectivity index (χ3v) is 2.34. The first kappa shape index (κ1) is 13.4. The van der Waals surface area contributed by atoms with E-state index < -0.39 is 0 Å². The summed E-state index contributed by atoms with van der Waals surface area (Å²) in [5.74, 6) is 1.92. The quantitative estimate of drug-likeness (QED) is 0.515. The van der Waals surface area contributed by atoms with Crippen molar-refractivity contribution < 1.29 is 19.0 Å². The van der Waals surface area contributed by atoms with Crippen LogP contribution in [-0.2, 0) is 4.79 Å². The molecule has 1 aromatic carbocycles. The van der Waals surface area contributed by atoms with Gasteiger partial charge in [0.05, 0.1) is 20.8 Å². The highest BCUT2D eigenvalue weighted by Gasteiger charge is 2.09. The summed E-state index contributed by atoms with van der Waals surface area (Å²) in [5, 5.41) is 0. The van der Waals surface area contributed by atoms with Gasteiger partial charge < -0.3 is 19.0 Å². The van der Waals surface area contributed by atoms with Gasteiger partial charge in [-0.15, -0.1) is 0 Å². The minimum atomic E-state index is 0.567. The number of carbonyl (C=O) groups excluding carboxylic acids is 1. The molecule has 94 valence electrons. The molecule has 4 heteroatoms. The number of rotatable bonds is 8. The Labute approximate surface area is 101 Å². The van der Waals surface area contributed by atoms with E-state index in [9.17, 15) is 4.79 Å². The maximum Gasteiger partial charge on any atom is 0.203 e. The molecule has 4 nitrogen and oxygen atoms in total. The Morgan fingerprint density at radius 1 is 1.12 bits per heavy atom. The van der Waals surface area contributed by atoms with Gasteiger partial charge in [-0.3, -0.25) is 0 Å². The Bertz CT molecular complexity index is 349. The second kappa shape index (κ2) is 7.54. The Hall–Kier alpha value is -1.71. The lowest BCUT2D eigenvalue weighted by Gasteiger charge is -2.13. The highest BCUT2D eigenvalue weighted by atomic mass is 16.5. The van der Waals surface area contributed by atoms with Crippen molar-refractivity contribution in [2.24, 2.45) is 0 Å². The lowest BCUT2D eigenvalue weighted by molar-refractivity contribution is -0.107. The number of benzene rings is 1. The van der Waals surface area contributed by atoms with Crippen LogP contribution in [0.5, 0.6) is 17.2 Å². The predicted molar refractivity (Wildman–Crippen MR) is 65.0 cm³/mol. The Morgan fingerprint density at radius 3 is 2.53 bits per heavy atom. The zero-order valence-corrected chi connectivity index (χ0v) is 10.3. The molecule has 0 heterocycles. The second-order valence-corrected chi connectivity index (χ2v) is 3.50. The van der Waals surface area contributed by atoms with Gasteiger partial charge in [0, 0.05) is 6.42 Å². The lowest BCUT2D eigenvalue weighted by atomic mass is 10.2. The summed E-state index contributed by atoms with van der Waals surface area (Å²) in [6, 6.07) is 5.50. The van der Waals surface area contributed by atoms with Crippen LogP contribution in [0.3, 0.4) is 0 Å². The summed E-state index contributed by atoms with van der Waals surface area (Å²) in [7, 11) is 3.17. The van der Waals surface area contributed by atoms with Gasteiger partial charge in [0.2, 0.25) is 5.75 Å². The molecule has 0 aliphatic rings. The topological polar surface area (TPSA) is 44.8 Å². The first-order valence-corrected chi connectivity index (χ1v) is 5.61. The molecule has 0 amide bonds. The summed E-state index contributed by atoms with van der Waals surface area (Å²) in [6.07, 6.45) is 3.19. The van der Waals surface area contributed by atoms with Crippen LogP contribution in [0.2, 0.25) is 0 Å².